The van der Waals surface area contributed by atoms with Crippen LogP contribution in [0.4, 0.5) is 14.7 Å². The summed E-state index contributed by atoms with van der Waals surface area (Å²) in [6, 6.07) is 9.70. The van der Waals surface area contributed by atoms with E-state index in [1.165, 1.54) is 16.6 Å². The summed E-state index contributed by atoms with van der Waals surface area (Å²) in [5, 5.41) is 7.35. The van der Waals surface area contributed by atoms with Crippen LogP contribution in [0.25, 0.3) is 0 Å². The molecule has 1 N–H and O–H groups in total. The second kappa shape index (κ2) is 7.92. The van der Waals surface area contributed by atoms with E-state index in [4.69, 9.17) is 0 Å². The summed E-state index contributed by atoms with van der Waals surface area (Å²) in [5.74, 6) is 1.29. The number of anilines is 1. The van der Waals surface area contributed by atoms with Crippen LogP contribution >= 0.6 is 0 Å². The quantitative estimate of drug-likeness (QED) is 0.864. The minimum atomic E-state index is -2.42. The number of rotatable bonds is 5. The summed E-state index contributed by atoms with van der Waals surface area (Å²) >= 11 is 0. The van der Waals surface area contributed by atoms with Gasteiger partial charge in [-0.05, 0) is 43.2 Å². The average Bonchev–Trinajstić information content (AvgIpc) is 3.16. The van der Waals surface area contributed by atoms with Gasteiger partial charge in [-0.1, -0.05) is 37.3 Å². The van der Waals surface area contributed by atoms with Crippen LogP contribution in [-0.4, -0.2) is 51.8 Å². The Hall–Kier alpha value is -2.02. The Morgan fingerprint density at radius 1 is 1.26 bits per heavy atom. The van der Waals surface area contributed by atoms with Crippen molar-refractivity contribution in [2.75, 3.05) is 25.0 Å². The van der Waals surface area contributed by atoms with Gasteiger partial charge in [-0.15, -0.1) is 0 Å². The Bertz CT molecular complexity index is 735. The van der Waals surface area contributed by atoms with E-state index in [9.17, 15) is 8.78 Å². The maximum Gasteiger partial charge on any atom is 0.260 e. The molecule has 7 heteroatoms. The van der Waals surface area contributed by atoms with Crippen molar-refractivity contribution in [2.24, 2.45) is 5.92 Å². The molecule has 4 atom stereocenters. The van der Waals surface area contributed by atoms with Gasteiger partial charge in [0.15, 0.2) is 0 Å². The summed E-state index contributed by atoms with van der Waals surface area (Å²) in [7, 11) is 0. The molecule has 2 aliphatic rings. The molecule has 0 amide bonds. The minimum absolute atomic E-state index is 0.0236. The van der Waals surface area contributed by atoms with Gasteiger partial charge in [0.1, 0.15) is 12.4 Å². The number of hydrogen-bond acceptors (Lipinski definition) is 4. The molecule has 0 bridgehead atoms. The number of aromatic nitrogens is 3. The number of nitrogens with one attached hydrogen (secondary N) is 1. The molecular weight excluding hydrogens is 348 g/mol. The van der Waals surface area contributed by atoms with Crippen molar-refractivity contribution >= 4 is 5.95 Å². The van der Waals surface area contributed by atoms with Gasteiger partial charge >= 0.3 is 0 Å². The lowest BCUT2D eigenvalue weighted by Crippen LogP contribution is -2.47. The lowest BCUT2D eigenvalue weighted by molar-refractivity contribution is 0.0552. The SMILES string of the molecule is C[C@H](CN1CCC[C@@H]([C@@H]2C[C@H](C(F)F)n3ncnc3N2)C1)c1ccccc1. The lowest BCUT2D eigenvalue weighted by Gasteiger charge is -2.41. The Morgan fingerprint density at radius 3 is 2.85 bits per heavy atom. The van der Waals surface area contributed by atoms with E-state index < -0.39 is 12.5 Å². The maximum absolute atomic E-state index is 13.5. The van der Waals surface area contributed by atoms with Gasteiger partial charge in [-0.25, -0.2) is 13.5 Å². The van der Waals surface area contributed by atoms with E-state index in [0.717, 1.165) is 32.5 Å². The normalized spacial score (nSPS) is 27.2. The summed E-state index contributed by atoms with van der Waals surface area (Å²) < 4.78 is 28.4. The smallest absolute Gasteiger partial charge is 0.260 e. The Kier molecular flexibility index (Phi) is 5.38. The summed E-state index contributed by atoms with van der Waals surface area (Å²) in [4.78, 5) is 6.63. The van der Waals surface area contributed by atoms with Gasteiger partial charge in [0.25, 0.3) is 6.43 Å². The maximum atomic E-state index is 13.5. The molecule has 27 heavy (non-hydrogen) atoms. The zero-order chi connectivity index (χ0) is 18.8. The molecule has 1 saturated heterocycles. The molecule has 2 aliphatic heterocycles. The van der Waals surface area contributed by atoms with Crippen LogP contribution in [0.2, 0.25) is 0 Å². The Balaban J connectivity index is 1.41. The van der Waals surface area contributed by atoms with Gasteiger partial charge in [0.2, 0.25) is 5.95 Å². The van der Waals surface area contributed by atoms with Crippen molar-refractivity contribution in [1.29, 1.82) is 0 Å². The van der Waals surface area contributed by atoms with Crippen LogP contribution in [0.5, 0.6) is 0 Å². The molecule has 2 aromatic rings. The molecule has 0 saturated carbocycles. The van der Waals surface area contributed by atoms with Crippen molar-refractivity contribution in [3.05, 3.63) is 42.2 Å². The van der Waals surface area contributed by atoms with Crippen LogP contribution < -0.4 is 5.32 Å². The number of hydrogen-bond donors (Lipinski definition) is 1. The molecule has 0 spiro atoms. The molecule has 0 unspecified atom stereocenters. The fourth-order valence-electron chi connectivity index (χ4n) is 4.56. The first-order valence-corrected chi connectivity index (χ1v) is 9.83. The van der Waals surface area contributed by atoms with E-state index in [2.05, 4.69) is 51.5 Å². The number of benzene rings is 1. The Morgan fingerprint density at radius 2 is 2.07 bits per heavy atom. The first-order valence-electron chi connectivity index (χ1n) is 9.83. The summed E-state index contributed by atoms with van der Waals surface area (Å²) in [6.07, 6.45) is 1.51. The van der Waals surface area contributed by atoms with Crippen molar-refractivity contribution in [2.45, 2.75) is 50.6 Å². The molecule has 146 valence electrons. The molecule has 4 rings (SSSR count). The molecule has 1 fully saturated rings. The number of likely N-dealkylation sites (tertiary alicyclic amines) is 1. The number of piperidine rings is 1. The zero-order valence-electron chi connectivity index (χ0n) is 15.6. The number of alkyl halides is 2. The highest BCUT2D eigenvalue weighted by atomic mass is 19.3. The monoisotopic (exact) mass is 375 g/mol. The zero-order valence-corrected chi connectivity index (χ0v) is 15.6. The van der Waals surface area contributed by atoms with Crippen LogP contribution in [0.3, 0.4) is 0 Å². The molecule has 5 nitrogen and oxygen atoms in total. The third-order valence-corrected chi connectivity index (χ3v) is 6.00. The first-order chi connectivity index (χ1) is 13.1. The van der Waals surface area contributed by atoms with Crippen LogP contribution in [0.1, 0.15) is 43.7 Å². The standard InChI is InChI=1S/C20H27F2N5/c1-14(15-6-3-2-4-7-15)11-26-9-5-8-16(12-26)17-10-18(19(21)22)27-20(25-17)23-13-24-27/h2-4,6-7,13-14,16-19H,5,8-12H2,1H3,(H,23,24,25)/t14-,16-,17+,18-/m1/s1. The Labute approximate surface area is 158 Å². The van der Waals surface area contributed by atoms with E-state index in [-0.39, 0.29) is 6.04 Å². The number of nitrogens with zero attached hydrogens (tertiary/aromatic N) is 4. The third-order valence-electron chi connectivity index (χ3n) is 6.00. The van der Waals surface area contributed by atoms with Crippen LogP contribution in [-0.2, 0) is 0 Å². The summed E-state index contributed by atoms with van der Waals surface area (Å²) in [6.45, 7) is 5.28. The van der Waals surface area contributed by atoms with Gasteiger partial charge in [-0.2, -0.15) is 10.1 Å². The summed E-state index contributed by atoms with van der Waals surface area (Å²) in [5.41, 5.74) is 1.35. The van der Waals surface area contributed by atoms with Gasteiger partial charge in [-0.3, -0.25) is 0 Å². The predicted molar refractivity (Wildman–Crippen MR) is 101 cm³/mol. The fraction of sp³-hybridized carbons (Fsp3) is 0.600. The van der Waals surface area contributed by atoms with E-state index in [1.807, 2.05) is 6.07 Å². The third kappa shape index (κ3) is 3.98. The average molecular weight is 375 g/mol. The second-order valence-electron chi connectivity index (χ2n) is 7.89. The van der Waals surface area contributed by atoms with Gasteiger partial charge in [0.05, 0.1) is 0 Å². The minimum Gasteiger partial charge on any atom is -0.351 e. The molecule has 1 aromatic carbocycles. The highest BCUT2D eigenvalue weighted by Crippen LogP contribution is 2.35. The van der Waals surface area contributed by atoms with E-state index in [0.29, 0.717) is 24.2 Å². The topological polar surface area (TPSA) is 46.0 Å². The van der Waals surface area contributed by atoms with Gasteiger partial charge in [0, 0.05) is 19.1 Å². The van der Waals surface area contributed by atoms with Gasteiger partial charge < -0.3 is 10.2 Å². The second-order valence-corrected chi connectivity index (χ2v) is 7.89. The lowest BCUT2D eigenvalue weighted by atomic mass is 9.85. The highest BCUT2D eigenvalue weighted by molar-refractivity contribution is 5.29. The highest BCUT2D eigenvalue weighted by Gasteiger charge is 2.38. The first kappa shape index (κ1) is 18.3. The molecule has 0 aliphatic carbocycles. The van der Waals surface area contributed by atoms with Crippen molar-refractivity contribution in [1.82, 2.24) is 19.7 Å². The van der Waals surface area contributed by atoms with Crippen molar-refractivity contribution in [3.63, 3.8) is 0 Å². The van der Waals surface area contributed by atoms with E-state index in [1.54, 1.807) is 0 Å². The largest absolute Gasteiger partial charge is 0.351 e. The molecule has 1 aromatic heterocycles. The van der Waals surface area contributed by atoms with Crippen molar-refractivity contribution in [3.8, 4) is 0 Å². The molecular formula is C20H27F2N5. The number of fused-ring (bicyclic) bond motifs is 1. The van der Waals surface area contributed by atoms with Crippen LogP contribution in [0, 0.1) is 5.92 Å². The fourth-order valence-corrected chi connectivity index (χ4v) is 4.56. The molecule has 3 heterocycles. The molecule has 0 radical (unpaired) electrons. The van der Waals surface area contributed by atoms with Crippen LogP contribution in [0.15, 0.2) is 36.7 Å². The van der Waals surface area contributed by atoms with E-state index >= 15 is 0 Å². The number of halogens is 2. The predicted octanol–water partition coefficient (Wildman–Crippen LogP) is 3.78. The van der Waals surface area contributed by atoms with Crippen molar-refractivity contribution < 1.29 is 8.78 Å².